The third kappa shape index (κ3) is 2.77. The van der Waals surface area contributed by atoms with Gasteiger partial charge in [-0.05, 0) is 36.1 Å². The first-order valence-corrected chi connectivity index (χ1v) is 7.97. The van der Waals surface area contributed by atoms with Crippen LogP contribution in [0.1, 0.15) is 42.4 Å². The van der Waals surface area contributed by atoms with E-state index in [1.54, 1.807) is 34.9 Å². The van der Waals surface area contributed by atoms with Crippen LogP contribution in [0.3, 0.4) is 0 Å². The summed E-state index contributed by atoms with van der Waals surface area (Å²) in [5.74, 6) is -0.107. The van der Waals surface area contributed by atoms with Gasteiger partial charge in [-0.25, -0.2) is 9.50 Å². The number of rotatable bonds is 2. The van der Waals surface area contributed by atoms with Crippen LogP contribution in [0, 0.1) is 6.92 Å². The predicted octanol–water partition coefficient (Wildman–Crippen LogP) is 3.61. The molecule has 3 rings (SSSR count). The van der Waals surface area contributed by atoms with Crippen molar-refractivity contribution in [3.63, 3.8) is 0 Å². The third-order valence-electron chi connectivity index (χ3n) is 4.21. The highest BCUT2D eigenvalue weighted by atomic mass is 16.2. The van der Waals surface area contributed by atoms with Crippen LogP contribution in [0.5, 0.6) is 0 Å². The van der Waals surface area contributed by atoms with Crippen LogP contribution in [0.15, 0.2) is 42.7 Å². The van der Waals surface area contributed by atoms with Gasteiger partial charge >= 0.3 is 0 Å². The zero-order valence-corrected chi connectivity index (χ0v) is 14.7. The molecule has 0 aliphatic carbocycles. The average Bonchev–Trinajstić information content (AvgIpc) is 2.88. The summed E-state index contributed by atoms with van der Waals surface area (Å²) in [6, 6.07) is 9.89. The number of fused-ring (bicyclic) bond motifs is 1. The molecule has 5 nitrogen and oxygen atoms in total. The van der Waals surface area contributed by atoms with Gasteiger partial charge in [0.2, 0.25) is 0 Å². The molecule has 0 atom stereocenters. The van der Waals surface area contributed by atoms with Crippen molar-refractivity contribution in [2.24, 2.45) is 0 Å². The number of aryl methyl sites for hydroxylation is 1. The van der Waals surface area contributed by atoms with E-state index in [0.717, 1.165) is 5.69 Å². The van der Waals surface area contributed by atoms with E-state index < -0.39 is 0 Å². The molecule has 0 saturated heterocycles. The molecule has 1 amide bonds. The molecule has 0 fully saturated rings. The summed E-state index contributed by atoms with van der Waals surface area (Å²) >= 11 is 0. The Morgan fingerprint density at radius 2 is 1.83 bits per heavy atom. The van der Waals surface area contributed by atoms with Crippen LogP contribution in [0.25, 0.3) is 5.65 Å². The number of carbonyl (C=O) groups is 1. The molecule has 2 aromatic heterocycles. The SMILES string of the molecule is Cc1nn2cccnc2c1C(=O)N(C)c1ccc(C(C)(C)C)cc1. The molecule has 0 radical (unpaired) electrons. The van der Waals surface area contributed by atoms with E-state index >= 15 is 0 Å². The standard InChI is InChI=1S/C19H22N4O/c1-13-16(17-20-11-6-12-23(17)21-13)18(24)22(5)15-9-7-14(8-10-15)19(2,3)4/h6-12H,1-5H3. The number of benzene rings is 1. The van der Waals surface area contributed by atoms with E-state index in [4.69, 9.17) is 0 Å². The van der Waals surface area contributed by atoms with Gasteiger partial charge in [0, 0.05) is 25.1 Å². The van der Waals surface area contributed by atoms with Gasteiger partial charge < -0.3 is 4.90 Å². The van der Waals surface area contributed by atoms with E-state index in [0.29, 0.717) is 16.9 Å². The second-order valence-electron chi connectivity index (χ2n) is 7.01. The highest BCUT2D eigenvalue weighted by Gasteiger charge is 2.22. The molecule has 24 heavy (non-hydrogen) atoms. The van der Waals surface area contributed by atoms with Crippen LogP contribution in [-0.4, -0.2) is 27.6 Å². The van der Waals surface area contributed by atoms with Crippen LogP contribution in [0.2, 0.25) is 0 Å². The fraction of sp³-hybridized carbons (Fsp3) is 0.316. The highest BCUT2D eigenvalue weighted by molar-refractivity contribution is 6.10. The topological polar surface area (TPSA) is 50.5 Å². The summed E-state index contributed by atoms with van der Waals surface area (Å²) in [5.41, 5.74) is 3.97. The zero-order chi connectivity index (χ0) is 17.5. The molecule has 0 aliphatic rings. The van der Waals surface area contributed by atoms with Crippen molar-refractivity contribution >= 4 is 17.2 Å². The molecule has 124 valence electrons. The smallest absolute Gasteiger partial charge is 0.263 e. The molecule has 0 unspecified atom stereocenters. The van der Waals surface area contributed by atoms with Gasteiger partial charge in [-0.3, -0.25) is 4.79 Å². The monoisotopic (exact) mass is 322 g/mol. The Morgan fingerprint density at radius 3 is 2.46 bits per heavy atom. The number of nitrogens with zero attached hydrogens (tertiary/aromatic N) is 4. The zero-order valence-electron chi connectivity index (χ0n) is 14.7. The summed E-state index contributed by atoms with van der Waals surface area (Å²) in [4.78, 5) is 18.9. The highest BCUT2D eigenvalue weighted by Crippen LogP contribution is 2.26. The summed E-state index contributed by atoms with van der Waals surface area (Å²) in [5, 5.41) is 4.36. The maximum atomic E-state index is 13.0. The Bertz CT molecular complexity index is 888. The maximum absolute atomic E-state index is 13.0. The van der Waals surface area contributed by atoms with E-state index in [1.165, 1.54) is 5.56 Å². The molecule has 0 aliphatic heterocycles. The fourth-order valence-corrected chi connectivity index (χ4v) is 2.72. The summed E-state index contributed by atoms with van der Waals surface area (Å²) in [6.45, 7) is 8.35. The van der Waals surface area contributed by atoms with Gasteiger partial charge in [-0.1, -0.05) is 32.9 Å². The summed E-state index contributed by atoms with van der Waals surface area (Å²) < 4.78 is 1.64. The lowest BCUT2D eigenvalue weighted by Crippen LogP contribution is -2.27. The molecular weight excluding hydrogens is 300 g/mol. The second kappa shape index (κ2) is 5.74. The molecule has 1 aromatic carbocycles. The lowest BCUT2D eigenvalue weighted by Gasteiger charge is -2.21. The Kier molecular flexibility index (Phi) is 3.87. The average molecular weight is 322 g/mol. The molecule has 3 aromatic rings. The van der Waals surface area contributed by atoms with Crippen molar-refractivity contribution in [3.8, 4) is 0 Å². The van der Waals surface area contributed by atoms with Gasteiger partial charge in [0.15, 0.2) is 5.65 Å². The second-order valence-corrected chi connectivity index (χ2v) is 7.01. The van der Waals surface area contributed by atoms with E-state index in [1.807, 2.05) is 19.1 Å². The third-order valence-corrected chi connectivity index (χ3v) is 4.21. The van der Waals surface area contributed by atoms with E-state index in [-0.39, 0.29) is 11.3 Å². The minimum Gasteiger partial charge on any atom is -0.311 e. The number of amides is 1. The Balaban J connectivity index is 1.96. The molecule has 0 N–H and O–H groups in total. The van der Waals surface area contributed by atoms with Crippen molar-refractivity contribution in [1.82, 2.24) is 14.6 Å². The normalized spacial score (nSPS) is 11.7. The van der Waals surface area contributed by atoms with Gasteiger partial charge in [-0.2, -0.15) is 5.10 Å². The number of hydrogen-bond acceptors (Lipinski definition) is 3. The first-order valence-electron chi connectivity index (χ1n) is 7.97. The van der Waals surface area contributed by atoms with Gasteiger partial charge in [0.25, 0.3) is 5.91 Å². The molecule has 2 heterocycles. The fourth-order valence-electron chi connectivity index (χ4n) is 2.72. The molecule has 5 heteroatoms. The minimum atomic E-state index is -0.107. The first kappa shape index (κ1) is 16.2. The maximum Gasteiger partial charge on any atom is 0.263 e. The first-order chi connectivity index (χ1) is 11.3. The van der Waals surface area contributed by atoms with Gasteiger partial charge in [-0.15, -0.1) is 0 Å². The Hall–Kier alpha value is -2.69. The van der Waals surface area contributed by atoms with E-state index in [2.05, 4.69) is 43.0 Å². The van der Waals surface area contributed by atoms with Crippen LogP contribution in [-0.2, 0) is 5.41 Å². The van der Waals surface area contributed by atoms with Crippen LogP contribution < -0.4 is 4.90 Å². The van der Waals surface area contributed by atoms with Gasteiger partial charge in [0.1, 0.15) is 5.56 Å². The number of anilines is 1. The van der Waals surface area contributed by atoms with Crippen LogP contribution >= 0.6 is 0 Å². The lowest BCUT2D eigenvalue weighted by atomic mass is 9.87. The predicted molar refractivity (Wildman–Crippen MR) is 95.6 cm³/mol. The molecule has 0 spiro atoms. The van der Waals surface area contributed by atoms with Crippen molar-refractivity contribution in [3.05, 3.63) is 59.5 Å². The minimum absolute atomic E-state index is 0.0874. The van der Waals surface area contributed by atoms with E-state index in [9.17, 15) is 4.79 Å². The molecule has 0 bridgehead atoms. The Morgan fingerprint density at radius 1 is 1.17 bits per heavy atom. The van der Waals surface area contributed by atoms with Gasteiger partial charge in [0.05, 0.1) is 5.69 Å². The largest absolute Gasteiger partial charge is 0.311 e. The van der Waals surface area contributed by atoms with Crippen molar-refractivity contribution in [1.29, 1.82) is 0 Å². The van der Waals surface area contributed by atoms with Crippen molar-refractivity contribution < 1.29 is 4.79 Å². The summed E-state index contributed by atoms with van der Waals surface area (Å²) in [6.07, 6.45) is 3.47. The van der Waals surface area contributed by atoms with Crippen molar-refractivity contribution in [2.45, 2.75) is 33.1 Å². The Labute approximate surface area is 141 Å². The number of hydrogen-bond donors (Lipinski definition) is 0. The summed E-state index contributed by atoms with van der Waals surface area (Å²) in [7, 11) is 1.78. The number of carbonyl (C=O) groups excluding carboxylic acids is 1. The lowest BCUT2D eigenvalue weighted by molar-refractivity contribution is 0.0994. The quantitative estimate of drug-likeness (QED) is 0.724. The van der Waals surface area contributed by atoms with Crippen molar-refractivity contribution in [2.75, 3.05) is 11.9 Å². The van der Waals surface area contributed by atoms with Crippen LogP contribution in [0.4, 0.5) is 5.69 Å². The number of aromatic nitrogens is 3. The molecule has 0 saturated carbocycles. The molecular formula is C19H22N4O.